The Bertz CT molecular complexity index is 1010. The number of rotatable bonds is 2. The first-order valence-corrected chi connectivity index (χ1v) is 9.07. The number of aryl methyl sites for hydroxylation is 4. The molecule has 1 amide bonds. The monoisotopic (exact) mass is 349 g/mol. The molecule has 0 unspecified atom stereocenters. The zero-order chi connectivity index (χ0) is 18.4. The molecule has 2 aromatic heterocycles. The van der Waals surface area contributed by atoms with Crippen LogP contribution < -0.4 is 0 Å². The van der Waals surface area contributed by atoms with Crippen LogP contribution in [0.4, 0.5) is 0 Å². The van der Waals surface area contributed by atoms with Gasteiger partial charge in [-0.25, -0.2) is 0 Å². The number of carbonyl (C=O) groups excluding carboxylic acids is 1. The van der Waals surface area contributed by atoms with Crippen LogP contribution in [0.2, 0.25) is 0 Å². The van der Waals surface area contributed by atoms with Crippen molar-refractivity contribution in [3.05, 3.63) is 58.1 Å². The zero-order valence-electron chi connectivity index (χ0n) is 15.7. The van der Waals surface area contributed by atoms with Gasteiger partial charge in [0.25, 0.3) is 5.91 Å². The predicted octanol–water partition coefficient (Wildman–Crippen LogP) is 4.43. The number of nitrogens with zero attached hydrogens (tertiary/aromatic N) is 3. The smallest absolute Gasteiger partial charge is 0.255 e. The Morgan fingerprint density at radius 1 is 1.15 bits per heavy atom. The molecule has 4 rings (SSSR count). The van der Waals surface area contributed by atoms with Crippen LogP contribution in [0.25, 0.3) is 10.9 Å². The van der Waals surface area contributed by atoms with Crippen molar-refractivity contribution in [3.63, 3.8) is 0 Å². The van der Waals surface area contributed by atoms with Crippen molar-refractivity contribution in [2.45, 2.75) is 46.6 Å². The lowest BCUT2D eigenvalue weighted by Gasteiger charge is -2.24. The summed E-state index contributed by atoms with van der Waals surface area (Å²) in [5.74, 6) is 0.816. The topological polar surface area (TPSA) is 59.2 Å². The summed E-state index contributed by atoms with van der Waals surface area (Å²) in [5, 5.41) is 4.91. The Morgan fingerprint density at radius 2 is 1.96 bits per heavy atom. The van der Waals surface area contributed by atoms with Crippen molar-refractivity contribution in [2.24, 2.45) is 0 Å². The van der Waals surface area contributed by atoms with Gasteiger partial charge in [0.1, 0.15) is 0 Å². The van der Waals surface area contributed by atoms with E-state index < -0.39 is 0 Å². The highest BCUT2D eigenvalue weighted by Gasteiger charge is 2.34. The molecule has 0 spiro atoms. The van der Waals surface area contributed by atoms with Crippen LogP contribution in [0, 0.1) is 27.7 Å². The van der Waals surface area contributed by atoms with E-state index in [-0.39, 0.29) is 11.9 Å². The van der Waals surface area contributed by atoms with Gasteiger partial charge in [-0.1, -0.05) is 17.3 Å². The van der Waals surface area contributed by atoms with Gasteiger partial charge >= 0.3 is 0 Å². The van der Waals surface area contributed by atoms with Gasteiger partial charge in [-0.2, -0.15) is 0 Å². The van der Waals surface area contributed by atoms with Crippen LogP contribution >= 0.6 is 0 Å². The van der Waals surface area contributed by atoms with Crippen LogP contribution in [0.15, 0.2) is 28.8 Å². The molecule has 1 saturated heterocycles. The minimum Gasteiger partial charge on any atom is -0.359 e. The molecule has 134 valence electrons. The number of carbonyl (C=O) groups is 1. The molecular formula is C21H23N3O2. The van der Waals surface area contributed by atoms with Gasteiger partial charge in [0.15, 0.2) is 5.76 Å². The van der Waals surface area contributed by atoms with Gasteiger partial charge in [0.2, 0.25) is 0 Å². The number of amides is 1. The Hall–Kier alpha value is -2.69. The molecule has 5 heteroatoms. The molecule has 1 aromatic carbocycles. The summed E-state index contributed by atoms with van der Waals surface area (Å²) in [4.78, 5) is 20.0. The molecule has 26 heavy (non-hydrogen) atoms. The number of hydrogen-bond acceptors (Lipinski definition) is 4. The highest BCUT2D eigenvalue weighted by molar-refractivity contribution is 6.07. The van der Waals surface area contributed by atoms with Crippen molar-refractivity contribution in [2.75, 3.05) is 6.54 Å². The Morgan fingerprint density at radius 3 is 2.69 bits per heavy atom. The van der Waals surface area contributed by atoms with Crippen molar-refractivity contribution in [3.8, 4) is 0 Å². The highest BCUT2D eigenvalue weighted by Crippen LogP contribution is 2.35. The maximum absolute atomic E-state index is 13.4. The molecule has 0 N–H and O–H groups in total. The van der Waals surface area contributed by atoms with Crippen molar-refractivity contribution in [1.29, 1.82) is 0 Å². The van der Waals surface area contributed by atoms with Gasteiger partial charge in [0, 0.05) is 23.7 Å². The van der Waals surface area contributed by atoms with E-state index in [4.69, 9.17) is 4.52 Å². The van der Waals surface area contributed by atoms with Crippen molar-refractivity contribution < 1.29 is 9.32 Å². The molecule has 1 fully saturated rings. The SMILES string of the molecule is Cc1cc([C@@H]2CCCN2C(=O)c2cc(C)nc3c(C)c(C)ccc23)on1. The highest BCUT2D eigenvalue weighted by atomic mass is 16.5. The van der Waals surface area contributed by atoms with E-state index in [1.807, 2.05) is 36.9 Å². The number of hydrogen-bond donors (Lipinski definition) is 0. The van der Waals surface area contributed by atoms with E-state index in [9.17, 15) is 4.79 Å². The van der Waals surface area contributed by atoms with E-state index >= 15 is 0 Å². The minimum atomic E-state index is -0.0428. The van der Waals surface area contributed by atoms with Gasteiger partial charge < -0.3 is 9.42 Å². The molecule has 1 aliphatic rings. The zero-order valence-corrected chi connectivity index (χ0v) is 15.7. The minimum absolute atomic E-state index is 0.0420. The van der Waals surface area contributed by atoms with Crippen molar-refractivity contribution in [1.82, 2.24) is 15.0 Å². The fraction of sp³-hybridized carbons (Fsp3) is 0.381. The van der Waals surface area contributed by atoms with Gasteiger partial charge in [0.05, 0.1) is 22.8 Å². The molecule has 1 aliphatic heterocycles. The Labute approximate surface area is 153 Å². The summed E-state index contributed by atoms with van der Waals surface area (Å²) in [5.41, 5.74) is 5.66. The molecule has 0 saturated carbocycles. The molecular weight excluding hydrogens is 326 g/mol. The summed E-state index contributed by atoms with van der Waals surface area (Å²) in [6, 6.07) is 7.87. The Kier molecular flexibility index (Phi) is 4.02. The number of pyridine rings is 1. The Balaban J connectivity index is 1.80. The summed E-state index contributed by atoms with van der Waals surface area (Å²) < 4.78 is 5.45. The van der Waals surface area contributed by atoms with E-state index in [2.05, 4.69) is 30.1 Å². The second kappa shape index (κ2) is 6.24. The number of benzene rings is 1. The molecule has 1 atom stereocenters. The van der Waals surface area contributed by atoms with Crippen LogP contribution in [-0.2, 0) is 0 Å². The number of aromatic nitrogens is 2. The summed E-state index contributed by atoms with van der Waals surface area (Å²) in [6.45, 7) is 8.71. The fourth-order valence-corrected chi connectivity index (χ4v) is 3.84. The number of fused-ring (bicyclic) bond motifs is 1. The van der Waals surface area contributed by atoms with Gasteiger partial charge in [-0.15, -0.1) is 0 Å². The van der Waals surface area contributed by atoms with Crippen LogP contribution in [0.3, 0.4) is 0 Å². The van der Waals surface area contributed by atoms with Gasteiger partial charge in [-0.3, -0.25) is 9.78 Å². The maximum atomic E-state index is 13.4. The first kappa shape index (κ1) is 16.8. The molecule has 3 heterocycles. The predicted molar refractivity (Wildman–Crippen MR) is 100 cm³/mol. The third-order valence-corrected chi connectivity index (χ3v) is 5.35. The van der Waals surface area contributed by atoms with Crippen LogP contribution in [-0.4, -0.2) is 27.5 Å². The lowest BCUT2D eigenvalue weighted by Crippen LogP contribution is -2.30. The first-order chi connectivity index (χ1) is 12.5. The van der Waals surface area contributed by atoms with E-state index in [1.54, 1.807) is 0 Å². The lowest BCUT2D eigenvalue weighted by atomic mass is 10.00. The average Bonchev–Trinajstić information content (AvgIpc) is 3.26. The standard InChI is InChI=1S/C21H23N3O2/c1-12-7-8-16-17(10-13(2)22-20(16)15(12)4)21(25)24-9-5-6-18(24)19-11-14(3)23-26-19/h7-8,10-11,18H,5-6,9H2,1-4H3/t18-/m0/s1. The van der Waals surface area contributed by atoms with Crippen LogP contribution in [0.1, 0.15) is 57.5 Å². The third-order valence-electron chi connectivity index (χ3n) is 5.35. The average molecular weight is 349 g/mol. The van der Waals surface area contributed by atoms with E-state index in [1.165, 1.54) is 5.56 Å². The third kappa shape index (κ3) is 2.68. The van der Waals surface area contributed by atoms with E-state index in [0.29, 0.717) is 0 Å². The molecule has 0 bridgehead atoms. The van der Waals surface area contributed by atoms with Crippen molar-refractivity contribution >= 4 is 16.8 Å². The molecule has 0 aliphatic carbocycles. The summed E-state index contributed by atoms with van der Waals surface area (Å²) >= 11 is 0. The molecule has 0 radical (unpaired) electrons. The maximum Gasteiger partial charge on any atom is 0.255 e. The quantitative estimate of drug-likeness (QED) is 0.686. The first-order valence-electron chi connectivity index (χ1n) is 9.07. The second-order valence-corrected chi connectivity index (χ2v) is 7.24. The van der Waals surface area contributed by atoms with Crippen LogP contribution in [0.5, 0.6) is 0 Å². The lowest BCUT2D eigenvalue weighted by molar-refractivity contribution is 0.0716. The molecule has 5 nitrogen and oxygen atoms in total. The second-order valence-electron chi connectivity index (χ2n) is 7.24. The number of likely N-dealkylation sites (tertiary alicyclic amines) is 1. The molecule has 3 aromatic rings. The fourth-order valence-electron chi connectivity index (χ4n) is 3.84. The summed E-state index contributed by atoms with van der Waals surface area (Å²) in [7, 11) is 0. The normalized spacial score (nSPS) is 17.2. The van der Waals surface area contributed by atoms with Gasteiger partial charge in [-0.05, 0) is 57.7 Å². The largest absolute Gasteiger partial charge is 0.359 e. The summed E-state index contributed by atoms with van der Waals surface area (Å²) in [6.07, 6.45) is 1.87. The van der Waals surface area contributed by atoms with E-state index in [0.717, 1.165) is 58.6 Å².